The smallest absolute Gasteiger partial charge is 0.187 e. The van der Waals surface area contributed by atoms with E-state index in [-0.39, 0.29) is 0 Å². The van der Waals surface area contributed by atoms with Crippen LogP contribution in [0.25, 0.3) is 0 Å². The Balaban J connectivity index is 1.58. The summed E-state index contributed by atoms with van der Waals surface area (Å²) in [6, 6.07) is 0. The van der Waals surface area contributed by atoms with Gasteiger partial charge in [0.1, 0.15) is 61.0 Å². The maximum atomic E-state index is 10.5. The van der Waals surface area contributed by atoms with Crippen LogP contribution in [-0.4, -0.2) is 145 Å². The second kappa shape index (κ2) is 10.4. The van der Waals surface area contributed by atoms with Gasteiger partial charge in [0, 0.05) is 0 Å². The van der Waals surface area contributed by atoms with E-state index in [9.17, 15) is 46.0 Å². The molecular formula is C18H32O14. The Kier molecular flexibility index (Phi) is 8.44. The highest BCUT2D eigenvalue weighted by atomic mass is 16.7. The molecule has 0 aromatic heterocycles. The molecular weight excluding hydrogens is 440 g/mol. The van der Waals surface area contributed by atoms with E-state index >= 15 is 0 Å². The molecule has 3 fully saturated rings. The van der Waals surface area contributed by atoms with Crippen LogP contribution < -0.4 is 0 Å². The summed E-state index contributed by atoms with van der Waals surface area (Å²) < 4.78 is 26.7. The van der Waals surface area contributed by atoms with Crippen molar-refractivity contribution in [3.05, 3.63) is 0 Å². The lowest BCUT2D eigenvalue weighted by atomic mass is 9.97. The molecule has 0 aromatic rings. The first-order chi connectivity index (χ1) is 14.9. The summed E-state index contributed by atoms with van der Waals surface area (Å²) in [6.45, 7) is 2.47. The van der Waals surface area contributed by atoms with Gasteiger partial charge in [0.05, 0.1) is 18.8 Å². The monoisotopic (exact) mass is 472 g/mol. The summed E-state index contributed by atoms with van der Waals surface area (Å²) in [6.07, 6.45) is -21.6. The summed E-state index contributed by atoms with van der Waals surface area (Å²) in [5, 5.41) is 89.4. The van der Waals surface area contributed by atoms with E-state index in [0.29, 0.717) is 0 Å². The van der Waals surface area contributed by atoms with Gasteiger partial charge in [-0.05, 0) is 13.8 Å². The summed E-state index contributed by atoms with van der Waals surface area (Å²) in [5.41, 5.74) is 0. The van der Waals surface area contributed by atoms with Crippen molar-refractivity contribution >= 4 is 0 Å². The quantitative estimate of drug-likeness (QED) is 0.182. The minimum Gasteiger partial charge on any atom is -0.388 e. The van der Waals surface area contributed by atoms with Crippen LogP contribution >= 0.6 is 0 Å². The van der Waals surface area contributed by atoms with Gasteiger partial charge in [-0.1, -0.05) is 0 Å². The lowest BCUT2D eigenvalue weighted by molar-refractivity contribution is -0.357. The van der Waals surface area contributed by atoms with Gasteiger partial charge in [-0.25, -0.2) is 0 Å². The van der Waals surface area contributed by atoms with Gasteiger partial charge in [-0.2, -0.15) is 0 Å². The summed E-state index contributed by atoms with van der Waals surface area (Å²) in [7, 11) is 0. The topological polar surface area (TPSA) is 228 Å². The van der Waals surface area contributed by atoms with Gasteiger partial charge in [-0.15, -0.1) is 0 Å². The minimum atomic E-state index is -1.76. The molecule has 0 aromatic carbocycles. The number of rotatable bonds is 5. The predicted octanol–water partition coefficient (Wildman–Crippen LogP) is -5.52. The minimum absolute atomic E-state index is 0.471. The highest BCUT2D eigenvalue weighted by Gasteiger charge is 2.50. The zero-order chi connectivity index (χ0) is 23.9. The zero-order valence-corrected chi connectivity index (χ0v) is 17.4. The average Bonchev–Trinajstić information content (AvgIpc) is 2.76. The molecule has 9 N–H and O–H groups in total. The van der Waals surface area contributed by atoms with Crippen LogP contribution in [0.2, 0.25) is 0 Å². The van der Waals surface area contributed by atoms with Crippen molar-refractivity contribution in [2.24, 2.45) is 0 Å². The van der Waals surface area contributed by atoms with E-state index in [1.165, 1.54) is 13.8 Å². The van der Waals surface area contributed by atoms with Crippen LogP contribution in [-0.2, 0) is 23.7 Å². The van der Waals surface area contributed by atoms with E-state index in [2.05, 4.69) is 0 Å². The molecule has 3 heterocycles. The Morgan fingerprint density at radius 1 is 0.562 bits per heavy atom. The van der Waals surface area contributed by atoms with Gasteiger partial charge in [-0.3, -0.25) is 0 Å². The standard InChI is InChI=1S/C18H32O14/c1-4-7(19)9(21)13(25)18(29-4)32-15-5(2)30-17(14(26)11(15)23)28-3-6-8(20)10(22)12(24)16(27)31-6/h4-27H,3H2,1-2H3/t4-,5-,6+,7-,8-,9+,10-,11-,12+,13+,14+,15-,16?,17+,18-/m0/s1. The third kappa shape index (κ3) is 5.08. The van der Waals surface area contributed by atoms with Crippen molar-refractivity contribution in [3.8, 4) is 0 Å². The summed E-state index contributed by atoms with van der Waals surface area (Å²) >= 11 is 0. The molecule has 0 amide bonds. The summed E-state index contributed by atoms with van der Waals surface area (Å²) in [5.74, 6) is 0. The molecule has 1 unspecified atom stereocenters. The van der Waals surface area contributed by atoms with Crippen LogP contribution in [0, 0.1) is 0 Å². The van der Waals surface area contributed by atoms with Crippen LogP contribution in [0.15, 0.2) is 0 Å². The SMILES string of the molecule is C[C@@H]1O[C@@H](O[C@@H]2[C@@H](O)[C@@H](O)[C@H](OC[C@H]3OC(O)[C@H](O)[C@@H](O)[C@H]3O)O[C@H]2C)[C@H](O)[C@H](O)[C@H]1O. The third-order valence-electron chi connectivity index (χ3n) is 5.99. The van der Waals surface area contributed by atoms with Crippen molar-refractivity contribution in [2.45, 2.75) is 106 Å². The number of hydrogen-bond donors (Lipinski definition) is 9. The number of aliphatic hydroxyl groups is 9. The molecule has 14 heteroatoms. The molecule has 0 bridgehead atoms. The van der Waals surface area contributed by atoms with E-state index < -0.39 is 98.7 Å². The molecule has 188 valence electrons. The summed E-state index contributed by atoms with van der Waals surface area (Å²) in [4.78, 5) is 0. The Hall–Kier alpha value is -0.560. The van der Waals surface area contributed by atoms with E-state index in [0.717, 1.165) is 0 Å². The molecule has 3 aliphatic heterocycles. The fourth-order valence-electron chi connectivity index (χ4n) is 3.87. The largest absolute Gasteiger partial charge is 0.388 e. The Labute approximate surface area is 183 Å². The second-order valence-corrected chi connectivity index (χ2v) is 8.34. The van der Waals surface area contributed by atoms with Gasteiger partial charge in [0.15, 0.2) is 18.9 Å². The van der Waals surface area contributed by atoms with Crippen molar-refractivity contribution in [1.29, 1.82) is 0 Å². The highest BCUT2D eigenvalue weighted by molar-refractivity contribution is 4.93. The average molecular weight is 472 g/mol. The third-order valence-corrected chi connectivity index (χ3v) is 5.99. The van der Waals surface area contributed by atoms with Gasteiger partial charge < -0.3 is 69.6 Å². The maximum Gasteiger partial charge on any atom is 0.187 e. The fraction of sp³-hybridized carbons (Fsp3) is 1.00. The van der Waals surface area contributed by atoms with Crippen molar-refractivity contribution < 1.29 is 69.6 Å². The van der Waals surface area contributed by atoms with Gasteiger partial charge in [0.2, 0.25) is 0 Å². The van der Waals surface area contributed by atoms with Crippen LogP contribution in [0.4, 0.5) is 0 Å². The van der Waals surface area contributed by atoms with Crippen molar-refractivity contribution in [1.82, 2.24) is 0 Å². The fourth-order valence-corrected chi connectivity index (χ4v) is 3.87. The lowest BCUT2D eigenvalue weighted by Gasteiger charge is -2.45. The Morgan fingerprint density at radius 3 is 1.78 bits per heavy atom. The highest BCUT2D eigenvalue weighted by Crippen LogP contribution is 2.30. The zero-order valence-electron chi connectivity index (χ0n) is 17.4. The molecule has 0 spiro atoms. The first-order valence-electron chi connectivity index (χ1n) is 10.3. The van der Waals surface area contributed by atoms with Gasteiger partial charge in [0.25, 0.3) is 0 Å². The first kappa shape index (κ1) is 26.1. The predicted molar refractivity (Wildman–Crippen MR) is 98.4 cm³/mol. The van der Waals surface area contributed by atoms with Gasteiger partial charge >= 0.3 is 0 Å². The molecule has 32 heavy (non-hydrogen) atoms. The van der Waals surface area contributed by atoms with E-state index in [1.807, 2.05) is 0 Å². The normalized spacial score (nSPS) is 55.0. The molecule has 0 saturated carbocycles. The molecule has 15 atom stereocenters. The molecule has 3 rings (SSSR count). The van der Waals surface area contributed by atoms with Crippen LogP contribution in [0.5, 0.6) is 0 Å². The molecule has 3 aliphatic rings. The molecule has 0 radical (unpaired) electrons. The first-order valence-corrected chi connectivity index (χ1v) is 10.3. The number of hydrogen-bond acceptors (Lipinski definition) is 14. The van der Waals surface area contributed by atoms with Crippen LogP contribution in [0.1, 0.15) is 13.8 Å². The number of aliphatic hydroxyl groups excluding tert-OH is 9. The van der Waals surface area contributed by atoms with Crippen LogP contribution in [0.3, 0.4) is 0 Å². The van der Waals surface area contributed by atoms with E-state index in [1.54, 1.807) is 0 Å². The lowest BCUT2D eigenvalue weighted by Crippen LogP contribution is -2.63. The van der Waals surface area contributed by atoms with Crippen molar-refractivity contribution in [3.63, 3.8) is 0 Å². The Morgan fingerprint density at radius 2 is 1.12 bits per heavy atom. The molecule has 14 nitrogen and oxygen atoms in total. The second-order valence-electron chi connectivity index (χ2n) is 8.34. The Bertz CT molecular complexity index is 608. The maximum absolute atomic E-state index is 10.5. The van der Waals surface area contributed by atoms with E-state index in [4.69, 9.17) is 23.7 Å². The molecule has 3 saturated heterocycles. The molecule has 0 aliphatic carbocycles. The number of ether oxygens (including phenoxy) is 5. The van der Waals surface area contributed by atoms with Crippen molar-refractivity contribution in [2.75, 3.05) is 6.61 Å².